The van der Waals surface area contributed by atoms with Gasteiger partial charge < -0.3 is 5.32 Å². The number of piperidine rings is 1. The summed E-state index contributed by atoms with van der Waals surface area (Å²) >= 11 is 6.41. The van der Waals surface area contributed by atoms with Crippen LogP contribution < -0.4 is 5.32 Å². The fourth-order valence-corrected chi connectivity index (χ4v) is 4.03. The Balaban J connectivity index is 1.62. The first-order chi connectivity index (χ1) is 10.3. The number of hydrogen-bond acceptors (Lipinski definition) is 3. The number of likely N-dealkylation sites (tertiary alicyclic amines) is 1. The van der Waals surface area contributed by atoms with E-state index in [1.165, 1.54) is 31.3 Å². The van der Waals surface area contributed by atoms with Crippen molar-refractivity contribution in [2.75, 3.05) is 19.6 Å². The highest BCUT2D eigenvalue weighted by molar-refractivity contribution is 6.30. The summed E-state index contributed by atoms with van der Waals surface area (Å²) in [5, 5.41) is 5.36. The summed E-state index contributed by atoms with van der Waals surface area (Å²) in [7, 11) is 0. The van der Waals surface area contributed by atoms with Crippen LogP contribution in [-0.4, -0.2) is 35.6 Å². The first-order valence-electron chi connectivity index (χ1n) is 7.80. The monoisotopic (exact) mass is 301 g/mol. The number of para-hydroxylation sites is 1. The number of aromatic nitrogens is 1. The van der Waals surface area contributed by atoms with E-state index in [9.17, 15) is 0 Å². The highest BCUT2D eigenvalue weighted by Crippen LogP contribution is 2.29. The minimum absolute atomic E-state index is 0.654. The lowest BCUT2D eigenvalue weighted by atomic mass is 9.92. The van der Waals surface area contributed by atoms with Gasteiger partial charge in [-0.1, -0.05) is 29.8 Å². The maximum Gasteiger partial charge on any atom is 0.134 e. The molecule has 2 aromatic rings. The van der Waals surface area contributed by atoms with Crippen LogP contribution in [0.25, 0.3) is 10.9 Å². The van der Waals surface area contributed by atoms with E-state index in [1.54, 1.807) is 0 Å². The molecule has 1 aromatic heterocycles. The van der Waals surface area contributed by atoms with Crippen molar-refractivity contribution in [3.8, 4) is 0 Å². The minimum Gasteiger partial charge on any atom is -0.315 e. The Bertz CT molecular complexity index is 658. The van der Waals surface area contributed by atoms with E-state index in [4.69, 9.17) is 11.6 Å². The van der Waals surface area contributed by atoms with Gasteiger partial charge in [-0.3, -0.25) is 4.90 Å². The third-order valence-corrected chi connectivity index (χ3v) is 5.24. The molecular weight excluding hydrogens is 282 g/mol. The Morgan fingerprint density at radius 2 is 2.19 bits per heavy atom. The van der Waals surface area contributed by atoms with Crippen molar-refractivity contribution in [1.82, 2.24) is 15.2 Å². The molecule has 1 aromatic carbocycles. The average Bonchev–Trinajstić information content (AvgIpc) is 2.97. The number of halogens is 1. The molecular formula is C17H20ClN3. The van der Waals surface area contributed by atoms with Gasteiger partial charge in [0.05, 0.1) is 5.52 Å². The second kappa shape index (κ2) is 5.56. The Hall–Kier alpha value is -1.16. The number of nitrogens with one attached hydrogen (secondary N) is 1. The zero-order valence-electron chi connectivity index (χ0n) is 12.1. The molecule has 0 saturated carbocycles. The highest BCUT2D eigenvalue weighted by Gasteiger charge is 2.34. The fraction of sp³-hybridized carbons (Fsp3) is 0.471. The van der Waals surface area contributed by atoms with Gasteiger partial charge in [0.25, 0.3) is 0 Å². The predicted molar refractivity (Wildman–Crippen MR) is 86.5 cm³/mol. The lowest BCUT2D eigenvalue weighted by molar-refractivity contribution is 0.117. The number of rotatable bonds is 2. The number of benzene rings is 1. The van der Waals surface area contributed by atoms with Gasteiger partial charge in [-0.15, -0.1) is 0 Å². The fourth-order valence-electron chi connectivity index (χ4n) is 3.83. The van der Waals surface area contributed by atoms with Gasteiger partial charge in [0.1, 0.15) is 5.15 Å². The van der Waals surface area contributed by atoms with Gasteiger partial charge in [0.15, 0.2) is 0 Å². The molecule has 0 amide bonds. The molecule has 4 heteroatoms. The third kappa shape index (κ3) is 2.54. The van der Waals surface area contributed by atoms with Crippen molar-refractivity contribution in [1.29, 1.82) is 0 Å². The number of fused-ring (bicyclic) bond motifs is 2. The van der Waals surface area contributed by atoms with Crippen molar-refractivity contribution in [3.63, 3.8) is 0 Å². The van der Waals surface area contributed by atoms with Crippen LogP contribution in [0, 0.1) is 5.92 Å². The van der Waals surface area contributed by atoms with Gasteiger partial charge in [-0.25, -0.2) is 4.98 Å². The van der Waals surface area contributed by atoms with Gasteiger partial charge in [-0.2, -0.15) is 0 Å². The van der Waals surface area contributed by atoms with Crippen molar-refractivity contribution in [2.24, 2.45) is 5.92 Å². The predicted octanol–water partition coefficient (Wildman–Crippen LogP) is 3.07. The van der Waals surface area contributed by atoms with Crippen LogP contribution in [0.15, 0.2) is 30.3 Å². The molecule has 110 valence electrons. The highest BCUT2D eigenvalue weighted by atomic mass is 35.5. The molecule has 2 atom stereocenters. The zero-order chi connectivity index (χ0) is 14.2. The largest absolute Gasteiger partial charge is 0.315 e. The standard InChI is InChI=1S/C17H20ClN3/c18-17-14(8-12-4-1-2-6-15(12)20-17)11-21-7-3-5-13-9-19-10-16(13)21/h1-2,4,6,8,13,16,19H,3,5,7,9-11H2. The molecule has 3 nitrogen and oxygen atoms in total. The molecule has 0 bridgehead atoms. The van der Waals surface area contributed by atoms with E-state index in [0.717, 1.165) is 30.1 Å². The Morgan fingerprint density at radius 3 is 3.14 bits per heavy atom. The van der Waals surface area contributed by atoms with Gasteiger partial charge >= 0.3 is 0 Å². The van der Waals surface area contributed by atoms with Crippen molar-refractivity contribution >= 4 is 22.5 Å². The van der Waals surface area contributed by atoms with Crippen LogP contribution >= 0.6 is 11.6 Å². The quantitative estimate of drug-likeness (QED) is 0.864. The first-order valence-corrected chi connectivity index (χ1v) is 8.18. The lowest BCUT2D eigenvalue weighted by Gasteiger charge is -2.37. The van der Waals surface area contributed by atoms with E-state index in [0.29, 0.717) is 11.2 Å². The molecule has 0 aliphatic carbocycles. The van der Waals surface area contributed by atoms with Crippen molar-refractivity contribution < 1.29 is 0 Å². The third-order valence-electron chi connectivity index (χ3n) is 4.92. The lowest BCUT2D eigenvalue weighted by Crippen LogP contribution is -2.44. The Morgan fingerprint density at radius 1 is 1.29 bits per heavy atom. The summed E-state index contributed by atoms with van der Waals surface area (Å²) in [6.07, 6.45) is 2.65. The molecule has 2 saturated heterocycles. The minimum atomic E-state index is 0.654. The number of pyridine rings is 1. The second-order valence-electron chi connectivity index (χ2n) is 6.23. The smallest absolute Gasteiger partial charge is 0.134 e. The zero-order valence-corrected chi connectivity index (χ0v) is 12.8. The summed E-state index contributed by atoms with van der Waals surface area (Å²) < 4.78 is 0. The molecule has 3 heterocycles. The molecule has 1 N–H and O–H groups in total. The van der Waals surface area contributed by atoms with Crippen LogP contribution in [0.3, 0.4) is 0 Å². The average molecular weight is 302 g/mol. The first kappa shape index (κ1) is 13.5. The molecule has 2 aliphatic heterocycles. The maximum absolute atomic E-state index is 6.41. The summed E-state index contributed by atoms with van der Waals surface area (Å²) in [5.74, 6) is 0.811. The van der Waals surface area contributed by atoms with Crippen LogP contribution in [0.5, 0.6) is 0 Å². The number of hydrogen-bond donors (Lipinski definition) is 1. The summed E-state index contributed by atoms with van der Waals surface area (Å²) in [5.41, 5.74) is 2.13. The SMILES string of the molecule is Clc1nc2ccccc2cc1CN1CCCC2CNCC21. The Labute approximate surface area is 130 Å². The van der Waals surface area contributed by atoms with Crippen molar-refractivity contribution in [2.45, 2.75) is 25.4 Å². The second-order valence-corrected chi connectivity index (χ2v) is 6.59. The molecule has 0 spiro atoms. The summed E-state index contributed by atoms with van der Waals surface area (Å²) in [6.45, 7) is 4.37. The van der Waals surface area contributed by atoms with Gasteiger partial charge in [0.2, 0.25) is 0 Å². The number of nitrogens with zero attached hydrogens (tertiary/aromatic N) is 2. The molecule has 21 heavy (non-hydrogen) atoms. The van der Waals surface area contributed by atoms with E-state index in [2.05, 4.69) is 33.4 Å². The van der Waals surface area contributed by atoms with E-state index in [1.807, 2.05) is 12.1 Å². The van der Waals surface area contributed by atoms with Gasteiger partial charge in [0, 0.05) is 30.1 Å². The summed E-state index contributed by atoms with van der Waals surface area (Å²) in [6, 6.07) is 11.1. The Kier molecular flexibility index (Phi) is 3.57. The molecule has 2 unspecified atom stereocenters. The molecule has 0 radical (unpaired) electrons. The van der Waals surface area contributed by atoms with Crippen LogP contribution in [-0.2, 0) is 6.54 Å². The van der Waals surface area contributed by atoms with E-state index < -0.39 is 0 Å². The van der Waals surface area contributed by atoms with Crippen LogP contribution in [0.2, 0.25) is 5.15 Å². The van der Waals surface area contributed by atoms with Gasteiger partial charge in [-0.05, 0) is 44.0 Å². The van der Waals surface area contributed by atoms with E-state index >= 15 is 0 Å². The molecule has 2 aliphatic rings. The molecule has 2 fully saturated rings. The normalized spacial score (nSPS) is 26.1. The molecule has 4 rings (SSSR count). The van der Waals surface area contributed by atoms with E-state index in [-0.39, 0.29) is 0 Å². The maximum atomic E-state index is 6.41. The van der Waals surface area contributed by atoms with Crippen LogP contribution in [0.1, 0.15) is 18.4 Å². The van der Waals surface area contributed by atoms with Crippen molar-refractivity contribution in [3.05, 3.63) is 41.0 Å². The van der Waals surface area contributed by atoms with Crippen LogP contribution in [0.4, 0.5) is 0 Å². The topological polar surface area (TPSA) is 28.2 Å². The summed E-state index contributed by atoms with van der Waals surface area (Å²) in [4.78, 5) is 7.14.